The molecule has 3 atom stereocenters. The number of aliphatic hydroxyl groups is 2. The van der Waals surface area contributed by atoms with Crippen molar-refractivity contribution < 1.29 is 24.5 Å². The first-order chi connectivity index (χ1) is 35.5. The summed E-state index contributed by atoms with van der Waals surface area (Å²) in [7, 11) is 0. The zero-order valence-corrected chi connectivity index (χ0v) is 47.3. The largest absolute Gasteiger partial charge is 0.462 e. The summed E-state index contributed by atoms with van der Waals surface area (Å²) in [4.78, 5) is 26.3. The number of rotatable bonds is 54. The minimum atomic E-state index is -0.812. The van der Waals surface area contributed by atoms with Crippen LogP contribution in [0.5, 0.6) is 0 Å². The van der Waals surface area contributed by atoms with E-state index in [2.05, 4.69) is 123 Å². The molecule has 0 saturated heterocycles. The van der Waals surface area contributed by atoms with Crippen molar-refractivity contribution in [3.8, 4) is 0 Å². The summed E-state index contributed by atoms with van der Waals surface area (Å²) < 4.78 is 5.94. The van der Waals surface area contributed by atoms with Crippen LogP contribution in [0.2, 0.25) is 0 Å². The molecular formula is C66H115NO5. The van der Waals surface area contributed by atoms with Crippen LogP contribution in [0.4, 0.5) is 0 Å². The van der Waals surface area contributed by atoms with Gasteiger partial charge < -0.3 is 20.3 Å². The highest BCUT2D eigenvalue weighted by Crippen LogP contribution is 2.18. The van der Waals surface area contributed by atoms with Gasteiger partial charge in [0.25, 0.3) is 0 Å². The second-order valence-corrected chi connectivity index (χ2v) is 20.4. The molecule has 0 radical (unpaired) electrons. The zero-order valence-electron chi connectivity index (χ0n) is 47.3. The van der Waals surface area contributed by atoms with Gasteiger partial charge in [0.2, 0.25) is 5.91 Å². The van der Waals surface area contributed by atoms with Gasteiger partial charge in [0.15, 0.2) is 0 Å². The van der Waals surface area contributed by atoms with E-state index >= 15 is 0 Å². The molecule has 6 heteroatoms. The maximum Gasteiger partial charge on any atom is 0.306 e. The van der Waals surface area contributed by atoms with Crippen LogP contribution in [-0.4, -0.2) is 46.9 Å². The molecule has 72 heavy (non-hydrogen) atoms. The predicted octanol–water partition coefficient (Wildman–Crippen LogP) is 19.2. The Balaban J connectivity index is 4.67. The fourth-order valence-electron chi connectivity index (χ4n) is 8.82. The highest BCUT2D eigenvalue weighted by molar-refractivity contribution is 5.77. The lowest BCUT2D eigenvalue weighted by molar-refractivity contribution is -0.151. The highest BCUT2D eigenvalue weighted by Gasteiger charge is 2.24. The predicted molar refractivity (Wildman–Crippen MR) is 314 cm³/mol. The lowest BCUT2D eigenvalue weighted by Gasteiger charge is -2.24. The number of hydrogen-bond acceptors (Lipinski definition) is 5. The van der Waals surface area contributed by atoms with Crippen molar-refractivity contribution in [2.45, 2.75) is 302 Å². The Labute approximate surface area is 446 Å². The van der Waals surface area contributed by atoms with Gasteiger partial charge in [-0.25, -0.2) is 0 Å². The second-order valence-electron chi connectivity index (χ2n) is 20.4. The Kier molecular flexibility index (Phi) is 56.0. The van der Waals surface area contributed by atoms with Gasteiger partial charge >= 0.3 is 5.97 Å². The smallest absolute Gasteiger partial charge is 0.306 e. The maximum atomic E-state index is 13.3. The summed E-state index contributed by atoms with van der Waals surface area (Å²) in [6.45, 7) is 6.35. The average Bonchev–Trinajstić information content (AvgIpc) is 3.37. The van der Waals surface area contributed by atoms with E-state index < -0.39 is 18.2 Å². The highest BCUT2D eigenvalue weighted by atomic mass is 16.5. The summed E-state index contributed by atoms with van der Waals surface area (Å²) in [5, 5.41) is 23.9. The van der Waals surface area contributed by atoms with Crippen LogP contribution in [0, 0.1) is 0 Å². The van der Waals surface area contributed by atoms with Crippen LogP contribution in [0.15, 0.2) is 97.2 Å². The summed E-state index contributed by atoms with van der Waals surface area (Å²) in [5.74, 6) is -0.544. The van der Waals surface area contributed by atoms with E-state index in [9.17, 15) is 19.8 Å². The van der Waals surface area contributed by atoms with Crippen LogP contribution in [-0.2, 0) is 14.3 Å². The first kappa shape index (κ1) is 68.8. The number of amides is 1. The zero-order chi connectivity index (χ0) is 52.3. The van der Waals surface area contributed by atoms with Crippen molar-refractivity contribution in [3.05, 3.63) is 97.2 Å². The van der Waals surface area contributed by atoms with Crippen LogP contribution < -0.4 is 5.32 Å². The van der Waals surface area contributed by atoms with E-state index in [1.807, 2.05) is 0 Å². The Morgan fingerprint density at radius 2 is 0.764 bits per heavy atom. The van der Waals surface area contributed by atoms with Crippen molar-refractivity contribution in [1.29, 1.82) is 0 Å². The molecule has 0 aliphatic rings. The first-order valence-corrected chi connectivity index (χ1v) is 30.5. The van der Waals surface area contributed by atoms with E-state index in [0.29, 0.717) is 19.3 Å². The molecule has 414 valence electrons. The Morgan fingerprint density at radius 1 is 0.417 bits per heavy atom. The number of allylic oxidation sites excluding steroid dienone is 16. The summed E-state index contributed by atoms with van der Waals surface area (Å²) in [6, 6.07) is -0.730. The maximum absolute atomic E-state index is 13.3. The van der Waals surface area contributed by atoms with Crippen LogP contribution >= 0.6 is 0 Å². The van der Waals surface area contributed by atoms with E-state index in [1.165, 1.54) is 135 Å². The van der Waals surface area contributed by atoms with Gasteiger partial charge in [-0.15, -0.1) is 0 Å². The van der Waals surface area contributed by atoms with Crippen LogP contribution in [0.25, 0.3) is 0 Å². The monoisotopic (exact) mass is 1000 g/mol. The molecule has 0 aliphatic heterocycles. The molecule has 0 rings (SSSR count). The van der Waals surface area contributed by atoms with Gasteiger partial charge in [-0.05, 0) is 103 Å². The molecule has 0 aliphatic carbocycles. The summed E-state index contributed by atoms with van der Waals surface area (Å²) in [6.07, 6.45) is 79.0. The van der Waals surface area contributed by atoms with E-state index in [0.717, 1.165) is 103 Å². The number of ether oxygens (including phenoxy) is 1. The molecule has 3 unspecified atom stereocenters. The normalized spacial score (nSPS) is 13.8. The summed E-state index contributed by atoms with van der Waals surface area (Å²) >= 11 is 0. The van der Waals surface area contributed by atoms with Crippen molar-refractivity contribution >= 4 is 11.9 Å². The van der Waals surface area contributed by atoms with Gasteiger partial charge in [-0.1, -0.05) is 266 Å². The Morgan fingerprint density at radius 3 is 1.19 bits per heavy atom. The van der Waals surface area contributed by atoms with Gasteiger partial charge in [-0.3, -0.25) is 9.59 Å². The van der Waals surface area contributed by atoms with Crippen molar-refractivity contribution in [2.24, 2.45) is 0 Å². The first-order valence-electron chi connectivity index (χ1n) is 30.5. The number of esters is 1. The molecule has 0 aromatic carbocycles. The molecular weight excluding hydrogens is 887 g/mol. The lowest BCUT2D eigenvalue weighted by Crippen LogP contribution is -2.46. The Hall–Kier alpha value is -3.22. The third-order valence-electron chi connectivity index (χ3n) is 13.4. The number of carbonyl (C=O) groups excluding carboxylic acids is 2. The van der Waals surface area contributed by atoms with Crippen molar-refractivity contribution in [3.63, 3.8) is 0 Å². The number of nitrogens with one attached hydrogen (secondary N) is 1. The van der Waals surface area contributed by atoms with Crippen molar-refractivity contribution in [1.82, 2.24) is 5.32 Å². The molecule has 0 fully saturated rings. The van der Waals surface area contributed by atoms with E-state index in [1.54, 1.807) is 0 Å². The van der Waals surface area contributed by atoms with E-state index in [4.69, 9.17) is 4.74 Å². The Bertz CT molecular complexity index is 1400. The second kappa shape index (κ2) is 58.7. The lowest BCUT2D eigenvalue weighted by atomic mass is 10.0. The standard InChI is InChI=1S/C66H115NO5/c1-4-7-10-13-16-19-22-25-28-31-32-35-38-41-44-47-50-53-56-59-66(71)72-62(57-54-51-48-45-42-39-36-33-29-26-23-20-17-14-11-8-5-2)60-65(70)67-63(61-68)64(69)58-55-52-49-46-43-40-37-34-30-27-24-21-18-15-12-9-6-3/h8,11,16-17,19-20,25-26,28-29,32,35-36,39,45,48,62-64,68-69H,4-7,9-10,12-15,18,21-24,27,30-31,33-34,37-38,40-44,46-47,49-61H2,1-3H3,(H,67,70)/b11-8-,19-16-,20-17-,28-25-,29-26-,35-32-,39-36-,48-45-. The third-order valence-corrected chi connectivity index (χ3v) is 13.4. The molecule has 3 N–H and O–H groups in total. The van der Waals surface area contributed by atoms with Crippen LogP contribution in [0.3, 0.4) is 0 Å². The van der Waals surface area contributed by atoms with Gasteiger partial charge in [0, 0.05) is 6.42 Å². The molecule has 0 bridgehead atoms. The third kappa shape index (κ3) is 53.1. The fourth-order valence-corrected chi connectivity index (χ4v) is 8.82. The topological polar surface area (TPSA) is 95.9 Å². The van der Waals surface area contributed by atoms with Crippen LogP contribution in [0.1, 0.15) is 284 Å². The van der Waals surface area contributed by atoms with E-state index in [-0.39, 0.29) is 24.9 Å². The molecule has 0 heterocycles. The summed E-state index contributed by atoms with van der Waals surface area (Å²) in [5.41, 5.74) is 0. The SMILES string of the molecule is CC/C=C\C/C=C\C/C=C\C/C=C\C/C=C\CCCC(CC(=O)NC(CO)C(O)CCCCCCCCCCCCCCCCCCC)OC(=O)CCCCCCCC/C=C\C/C=C\C/C=C\CCCCC. The quantitative estimate of drug-likeness (QED) is 0.0321. The van der Waals surface area contributed by atoms with Gasteiger partial charge in [0.05, 0.1) is 25.2 Å². The molecule has 0 aromatic heterocycles. The molecule has 0 aromatic rings. The number of hydrogen-bond donors (Lipinski definition) is 3. The molecule has 6 nitrogen and oxygen atoms in total. The average molecular weight is 1000 g/mol. The van der Waals surface area contributed by atoms with Crippen molar-refractivity contribution in [2.75, 3.05) is 6.61 Å². The fraction of sp³-hybridized carbons (Fsp3) is 0.727. The number of unbranched alkanes of at least 4 members (excludes halogenated alkanes) is 26. The van der Waals surface area contributed by atoms with Gasteiger partial charge in [-0.2, -0.15) is 0 Å². The van der Waals surface area contributed by atoms with Gasteiger partial charge in [0.1, 0.15) is 6.10 Å². The molecule has 0 saturated carbocycles. The molecule has 1 amide bonds. The number of carbonyl (C=O) groups is 2. The minimum absolute atomic E-state index is 0.0288. The number of aliphatic hydroxyl groups excluding tert-OH is 2. The molecule has 0 spiro atoms. The minimum Gasteiger partial charge on any atom is -0.462 e.